The molecule has 5 nitrogen and oxygen atoms in total. The lowest BCUT2D eigenvalue weighted by Crippen LogP contribution is -2.31. The molecule has 0 saturated carbocycles. The molecule has 1 atom stereocenters. The second-order valence-electron chi connectivity index (χ2n) is 6.75. The summed E-state index contributed by atoms with van der Waals surface area (Å²) < 4.78 is 71.6. The molecule has 2 heterocycles. The maximum atomic E-state index is 12.9. The van der Waals surface area contributed by atoms with Crippen molar-refractivity contribution >= 4 is 20.9 Å². The molecule has 4 rings (SSSR count). The van der Waals surface area contributed by atoms with Crippen LogP contribution in [-0.4, -0.2) is 36.9 Å². The molecule has 9 heteroatoms. The van der Waals surface area contributed by atoms with Gasteiger partial charge in [0.05, 0.1) is 17.0 Å². The van der Waals surface area contributed by atoms with Gasteiger partial charge in [-0.3, -0.25) is 4.98 Å². The second-order valence-corrected chi connectivity index (χ2v) is 8.69. The van der Waals surface area contributed by atoms with Crippen molar-refractivity contribution in [1.82, 2.24) is 9.29 Å². The van der Waals surface area contributed by atoms with Gasteiger partial charge < -0.3 is 4.74 Å². The Morgan fingerprint density at radius 3 is 2.62 bits per heavy atom. The highest BCUT2D eigenvalue weighted by Gasteiger charge is 2.36. The fraction of sp³-hybridized carbons (Fsp3) is 0.250. The van der Waals surface area contributed by atoms with Crippen molar-refractivity contribution in [3.63, 3.8) is 0 Å². The van der Waals surface area contributed by atoms with Crippen LogP contribution >= 0.6 is 0 Å². The van der Waals surface area contributed by atoms with E-state index < -0.39 is 27.9 Å². The quantitative estimate of drug-likeness (QED) is 0.635. The van der Waals surface area contributed by atoms with Crippen molar-refractivity contribution in [3.8, 4) is 5.75 Å². The number of para-hydroxylation sites is 1. The molecule has 1 unspecified atom stereocenters. The van der Waals surface area contributed by atoms with E-state index in [-0.39, 0.29) is 18.0 Å². The number of alkyl halides is 3. The molecule has 1 aliphatic rings. The minimum Gasteiger partial charge on any atom is -0.487 e. The Bertz CT molecular complexity index is 1140. The number of pyridine rings is 1. The van der Waals surface area contributed by atoms with Crippen molar-refractivity contribution in [2.75, 3.05) is 13.1 Å². The monoisotopic (exact) mass is 422 g/mol. The van der Waals surface area contributed by atoms with Crippen molar-refractivity contribution in [2.24, 2.45) is 0 Å². The van der Waals surface area contributed by atoms with Crippen LogP contribution < -0.4 is 4.74 Å². The van der Waals surface area contributed by atoms with Crippen LogP contribution in [0.4, 0.5) is 13.2 Å². The molecule has 0 N–H and O–H groups in total. The fourth-order valence-electron chi connectivity index (χ4n) is 3.35. The van der Waals surface area contributed by atoms with E-state index in [1.165, 1.54) is 6.07 Å². The van der Waals surface area contributed by atoms with Crippen molar-refractivity contribution in [1.29, 1.82) is 0 Å². The van der Waals surface area contributed by atoms with E-state index in [0.29, 0.717) is 23.8 Å². The molecule has 0 radical (unpaired) electrons. The number of rotatable bonds is 4. The van der Waals surface area contributed by atoms with Gasteiger partial charge in [0.15, 0.2) is 0 Å². The molecule has 1 fully saturated rings. The fourth-order valence-corrected chi connectivity index (χ4v) is 4.88. The molecule has 0 aliphatic carbocycles. The number of fused-ring (bicyclic) bond motifs is 1. The second kappa shape index (κ2) is 7.31. The first-order chi connectivity index (χ1) is 13.7. The van der Waals surface area contributed by atoms with E-state index in [4.69, 9.17) is 4.74 Å². The number of halogens is 3. The van der Waals surface area contributed by atoms with Crippen LogP contribution in [0.2, 0.25) is 0 Å². The Hall–Kier alpha value is -2.65. The van der Waals surface area contributed by atoms with Crippen LogP contribution in [-0.2, 0) is 16.2 Å². The summed E-state index contributed by atoms with van der Waals surface area (Å²) in [6, 6.07) is 13.0. The van der Waals surface area contributed by atoms with Crippen LogP contribution in [0.1, 0.15) is 12.0 Å². The van der Waals surface area contributed by atoms with E-state index >= 15 is 0 Å². The van der Waals surface area contributed by atoms with E-state index in [1.54, 1.807) is 12.3 Å². The van der Waals surface area contributed by atoms with Gasteiger partial charge in [0.1, 0.15) is 17.4 Å². The number of benzene rings is 2. The molecule has 0 amide bonds. The zero-order valence-corrected chi connectivity index (χ0v) is 15.9. The number of hydrogen-bond donors (Lipinski definition) is 0. The third kappa shape index (κ3) is 3.92. The normalized spacial score (nSPS) is 18.2. The zero-order valence-electron chi connectivity index (χ0n) is 15.1. The number of aromatic nitrogens is 1. The average molecular weight is 422 g/mol. The summed E-state index contributed by atoms with van der Waals surface area (Å²) in [5.74, 6) is 0.548. The first kappa shape index (κ1) is 19.7. The Morgan fingerprint density at radius 2 is 1.83 bits per heavy atom. The van der Waals surface area contributed by atoms with Gasteiger partial charge in [-0.25, -0.2) is 8.42 Å². The van der Waals surface area contributed by atoms with E-state index in [0.717, 1.165) is 21.8 Å². The molecule has 152 valence electrons. The molecule has 0 spiro atoms. The average Bonchev–Trinajstić information content (AvgIpc) is 3.17. The van der Waals surface area contributed by atoms with Crippen LogP contribution in [0.3, 0.4) is 0 Å². The van der Waals surface area contributed by atoms with Crippen molar-refractivity contribution < 1.29 is 26.3 Å². The van der Waals surface area contributed by atoms with E-state index in [9.17, 15) is 21.6 Å². The number of sulfonamides is 1. The Kier molecular flexibility index (Phi) is 4.95. The summed E-state index contributed by atoms with van der Waals surface area (Å²) in [6.45, 7) is 0.225. The minimum absolute atomic E-state index is 0.0573. The molecule has 1 saturated heterocycles. The standard InChI is InChI=1S/C20H17F3N2O3S/c21-20(22,23)15-6-2-7-17(12-15)29(26,27)25-11-9-16(13-25)28-18-8-1-4-14-5-3-10-24-19(14)18/h1-8,10,12,16H,9,11,13H2. The SMILES string of the molecule is O=S(=O)(c1cccc(C(F)(F)F)c1)N1CCC(Oc2cccc3cccnc23)C1. The lowest BCUT2D eigenvalue weighted by Gasteiger charge is -2.18. The van der Waals surface area contributed by atoms with Gasteiger partial charge in [0.2, 0.25) is 10.0 Å². The van der Waals surface area contributed by atoms with Crippen molar-refractivity contribution in [3.05, 3.63) is 66.4 Å². The Balaban J connectivity index is 1.53. The number of hydrogen-bond acceptors (Lipinski definition) is 4. The van der Waals surface area contributed by atoms with Gasteiger partial charge in [-0.05, 0) is 36.8 Å². The van der Waals surface area contributed by atoms with Gasteiger partial charge in [-0.2, -0.15) is 17.5 Å². The lowest BCUT2D eigenvalue weighted by molar-refractivity contribution is -0.137. The summed E-state index contributed by atoms with van der Waals surface area (Å²) in [5, 5.41) is 0.899. The minimum atomic E-state index is -4.61. The smallest absolute Gasteiger partial charge is 0.416 e. The summed E-state index contributed by atoms with van der Waals surface area (Å²) in [5.41, 5.74) is -0.318. The Morgan fingerprint density at radius 1 is 1.07 bits per heavy atom. The van der Waals surface area contributed by atoms with Crippen LogP contribution in [0, 0.1) is 0 Å². The van der Waals surface area contributed by atoms with Gasteiger partial charge in [0.25, 0.3) is 0 Å². The molecule has 0 bridgehead atoms. The molecule has 3 aromatic rings. The first-order valence-electron chi connectivity index (χ1n) is 8.93. The van der Waals surface area contributed by atoms with E-state index in [1.807, 2.05) is 24.3 Å². The molecular weight excluding hydrogens is 405 g/mol. The maximum Gasteiger partial charge on any atom is 0.416 e. The maximum absolute atomic E-state index is 12.9. The lowest BCUT2D eigenvalue weighted by atomic mass is 10.2. The summed E-state index contributed by atoms with van der Waals surface area (Å²) in [6.07, 6.45) is -2.94. The van der Waals surface area contributed by atoms with Crippen LogP contribution in [0.5, 0.6) is 5.75 Å². The molecule has 29 heavy (non-hydrogen) atoms. The summed E-state index contributed by atoms with van der Waals surface area (Å²) in [4.78, 5) is 3.93. The van der Waals surface area contributed by atoms with Crippen molar-refractivity contribution in [2.45, 2.75) is 23.6 Å². The highest BCUT2D eigenvalue weighted by atomic mass is 32.2. The van der Waals surface area contributed by atoms with Crippen LogP contribution in [0.25, 0.3) is 10.9 Å². The zero-order chi connectivity index (χ0) is 20.6. The highest BCUT2D eigenvalue weighted by molar-refractivity contribution is 7.89. The van der Waals surface area contributed by atoms with E-state index in [2.05, 4.69) is 4.98 Å². The molecular formula is C20H17F3N2O3S. The largest absolute Gasteiger partial charge is 0.487 e. The predicted octanol–water partition coefficient (Wildman–Crippen LogP) is 4.10. The van der Waals surface area contributed by atoms with Crippen LogP contribution in [0.15, 0.2) is 65.7 Å². The molecule has 1 aliphatic heterocycles. The highest BCUT2D eigenvalue weighted by Crippen LogP contribution is 2.32. The van der Waals surface area contributed by atoms with Gasteiger partial charge in [-0.15, -0.1) is 0 Å². The third-order valence-corrected chi connectivity index (χ3v) is 6.66. The molecule has 1 aromatic heterocycles. The number of ether oxygens (including phenoxy) is 1. The third-order valence-electron chi connectivity index (χ3n) is 4.80. The number of nitrogens with zero attached hydrogens (tertiary/aromatic N) is 2. The Labute approximate surface area is 165 Å². The summed E-state index contributed by atoms with van der Waals surface area (Å²) >= 11 is 0. The van der Waals surface area contributed by atoms with Gasteiger partial charge >= 0.3 is 6.18 Å². The summed E-state index contributed by atoms with van der Waals surface area (Å²) in [7, 11) is -4.05. The van der Waals surface area contributed by atoms with Gasteiger partial charge in [-0.1, -0.05) is 24.3 Å². The van der Waals surface area contributed by atoms with Gasteiger partial charge in [0, 0.05) is 18.1 Å². The predicted molar refractivity (Wildman–Crippen MR) is 101 cm³/mol. The first-order valence-corrected chi connectivity index (χ1v) is 10.4. The topological polar surface area (TPSA) is 59.5 Å². The molecule has 2 aromatic carbocycles.